The molecule has 2 N–H and O–H groups in total. The first-order chi connectivity index (χ1) is 7.36. The Morgan fingerprint density at radius 2 is 1.27 bits per heavy atom. The average Bonchev–Trinajstić information content (AvgIpc) is 2.34. The van der Waals surface area contributed by atoms with Crippen molar-refractivity contribution in [3.05, 3.63) is 0 Å². The van der Waals surface area contributed by atoms with Gasteiger partial charge in [0.25, 0.3) is 0 Å². The van der Waals surface area contributed by atoms with Crippen LogP contribution in [0.25, 0.3) is 0 Å². The number of aliphatic hydroxyl groups excluding tert-OH is 1. The first-order valence-corrected chi connectivity index (χ1v) is 6.75. The lowest BCUT2D eigenvalue weighted by Crippen LogP contribution is -2.33. The minimum atomic E-state index is 0.0120. The fraction of sp³-hybridized carbons (Fsp3) is 1.00. The van der Waals surface area contributed by atoms with Crippen molar-refractivity contribution in [3.63, 3.8) is 0 Å². The van der Waals surface area contributed by atoms with Crippen molar-refractivity contribution < 1.29 is 5.11 Å². The third-order valence-electron chi connectivity index (χ3n) is 3.79. The van der Waals surface area contributed by atoms with Crippen LogP contribution in [0.5, 0.6) is 0 Å². The molecule has 0 amide bonds. The molecule has 90 valence electrons. The number of aliphatic hydroxyl groups is 1. The van der Waals surface area contributed by atoms with E-state index in [2.05, 4.69) is 5.32 Å². The van der Waals surface area contributed by atoms with Crippen molar-refractivity contribution in [1.29, 1.82) is 0 Å². The van der Waals surface area contributed by atoms with E-state index >= 15 is 0 Å². The summed E-state index contributed by atoms with van der Waals surface area (Å²) in [5, 5.41) is 12.8. The Labute approximate surface area is 94.5 Å². The Balaban J connectivity index is 0.000000531. The van der Waals surface area contributed by atoms with Crippen molar-refractivity contribution in [3.8, 4) is 0 Å². The summed E-state index contributed by atoms with van der Waals surface area (Å²) in [7, 11) is 0. The molecule has 1 saturated carbocycles. The molecule has 0 atom stereocenters. The van der Waals surface area contributed by atoms with Gasteiger partial charge in [-0.15, -0.1) is 0 Å². The quantitative estimate of drug-likeness (QED) is 0.701. The third kappa shape index (κ3) is 4.12. The number of nitrogens with one attached hydrogen (secondary N) is 1. The molecule has 0 aromatic heterocycles. The predicted octanol–water partition coefficient (Wildman–Crippen LogP) is 2.56. The molecule has 0 radical (unpaired) electrons. The first kappa shape index (κ1) is 13.0. The van der Waals surface area contributed by atoms with Crippen LogP contribution in [0, 0.1) is 11.8 Å². The van der Waals surface area contributed by atoms with E-state index in [0.717, 1.165) is 24.7 Å². The van der Waals surface area contributed by atoms with Crippen LogP contribution >= 0.6 is 0 Å². The smallest absolute Gasteiger partial charge is 0.0540 e. The normalized spacial score (nSPS) is 33.0. The Morgan fingerprint density at radius 3 is 1.80 bits per heavy atom. The second kappa shape index (κ2) is 7.24. The van der Waals surface area contributed by atoms with E-state index in [1.165, 1.54) is 38.8 Å². The number of piperidine rings is 1. The zero-order valence-corrected chi connectivity index (χ0v) is 10.3. The van der Waals surface area contributed by atoms with Gasteiger partial charge in [-0.3, -0.25) is 0 Å². The fourth-order valence-corrected chi connectivity index (χ4v) is 2.89. The second-order valence-corrected chi connectivity index (χ2v) is 4.66. The van der Waals surface area contributed by atoms with Crippen LogP contribution in [0.15, 0.2) is 0 Å². The molecular formula is C13H27NO. The lowest BCUT2D eigenvalue weighted by molar-refractivity contribution is 0.0839. The van der Waals surface area contributed by atoms with Gasteiger partial charge in [0.2, 0.25) is 0 Å². The maximum absolute atomic E-state index is 9.41. The molecule has 15 heavy (non-hydrogen) atoms. The summed E-state index contributed by atoms with van der Waals surface area (Å²) >= 11 is 0. The van der Waals surface area contributed by atoms with Crippen LogP contribution in [0.1, 0.15) is 52.4 Å². The third-order valence-corrected chi connectivity index (χ3v) is 3.79. The minimum absolute atomic E-state index is 0.0120. The van der Waals surface area contributed by atoms with E-state index in [-0.39, 0.29) is 6.10 Å². The van der Waals surface area contributed by atoms with Crippen LogP contribution in [0.2, 0.25) is 0 Å². The Bertz CT molecular complexity index is 147. The van der Waals surface area contributed by atoms with Gasteiger partial charge in [-0.25, -0.2) is 0 Å². The van der Waals surface area contributed by atoms with Crippen LogP contribution in [-0.2, 0) is 0 Å². The maximum Gasteiger partial charge on any atom is 0.0540 e. The van der Waals surface area contributed by atoms with Crippen molar-refractivity contribution in [2.75, 3.05) is 13.1 Å². The molecule has 2 nitrogen and oxygen atoms in total. The highest BCUT2D eigenvalue weighted by Crippen LogP contribution is 2.34. The molecule has 1 saturated heterocycles. The molecule has 0 unspecified atom stereocenters. The second-order valence-electron chi connectivity index (χ2n) is 4.66. The highest BCUT2D eigenvalue weighted by atomic mass is 16.3. The average molecular weight is 213 g/mol. The Kier molecular flexibility index (Phi) is 6.26. The van der Waals surface area contributed by atoms with Gasteiger partial charge in [-0.05, 0) is 63.5 Å². The molecule has 0 aromatic rings. The van der Waals surface area contributed by atoms with Gasteiger partial charge in [-0.1, -0.05) is 13.8 Å². The van der Waals surface area contributed by atoms with Crippen LogP contribution in [0.4, 0.5) is 0 Å². The molecule has 0 spiro atoms. The molecule has 1 aliphatic heterocycles. The predicted molar refractivity (Wildman–Crippen MR) is 64.9 cm³/mol. The molecule has 2 aliphatic rings. The summed E-state index contributed by atoms with van der Waals surface area (Å²) < 4.78 is 0. The molecule has 2 rings (SSSR count). The van der Waals surface area contributed by atoms with Gasteiger partial charge in [0.1, 0.15) is 0 Å². The van der Waals surface area contributed by atoms with Crippen LogP contribution in [-0.4, -0.2) is 24.3 Å². The van der Waals surface area contributed by atoms with Gasteiger partial charge < -0.3 is 10.4 Å². The Hall–Kier alpha value is -0.0800. The van der Waals surface area contributed by atoms with E-state index in [1.807, 2.05) is 13.8 Å². The van der Waals surface area contributed by atoms with Gasteiger partial charge >= 0.3 is 0 Å². The largest absolute Gasteiger partial charge is 0.393 e. The van der Waals surface area contributed by atoms with Gasteiger partial charge in [0, 0.05) is 0 Å². The molecule has 1 heterocycles. The summed E-state index contributed by atoms with van der Waals surface area (Å²) in [4.78, 5) is 0. The standard InChI is InChI=1S/C11H21NO.C2H6/c13-11-3-1-9(2-4-11)10-5-7-12-8-6-10;1-2/h9-13H,1-8H2;1-2H3. The topological polar surface area (TPSA) is 32.3 Å². The van der Waals surface area contributed by atoms with Crippen LogP contribution in [0.3, 0.4) is 0 Å². The van der Waals surface area contributed by atoms with Crippen molar-refractivity contribution in [1.82, 2.24) is 5.32 Å². The lowest BCUT2D eigenvalue weighted by atomic mass is 9.75. The molecule has 0 bridgehead atoms. The highest BCUT2D eigenvalue weighted by molar-refractivity contribution is 4.80. The lowest BCUT2D eigenvalue weighted by Gasteiger charge is -2.34. The summed E-state index contributed by atoms with van der Waals surface area (Å²) in [5.74, 6) is 1.87. The first-order valence-electron chi connectivity index (χ1n) is 6.75. The minimum Gasteiger partial charge on any atom is -0.393 e. The van der Waals surface area contributed by atoms with Gasteiger partial charge in [0.15, 0.2) is 0 Å². The number of hydrogen-bond acceptors (Lipinski definition) is 2. The summed E-state index contributed by atoms with van der Waals surface area (Å²) in [6, 6.07) is 0. The van der Waals surface area contributed by atoms with Gasteiger partial charge in [-0.2, -0.15) is 0 Å². The maximum atomic E-state index is 9.41. The SMILES string of the molecule is CC.OC1CCC(C2CCNCC2)CC1. The molecule has 1 aliphatic carbocycles. The van der Waals surface area contributed by atoms with Crippen molar-refractivity contribution >= 4 is 0 Å². The molecule has 0 aromatic carbocycles. The number of hydrogen-bond donors (Lipinski definition) is 2. The fourth-order valence-electron chi connectivity index (χ4n) is 2.89. The van der Waals surface area contributed by atoms with Crippen molar-refractivity contribution in [2.45, 2.75) is 58.5 Å². The monoisotopic (exact) mass is 213 g/mol. The molecule has 2 fully saturated rings. The highest BCUT2D eigenvalue weighted by Gasteiger charge is 2.27. The van der Waals surface area contributed by atoms with E-state index in [9.17, 15) is 5.11 Å². The summed E-state index contributed by atoms with van der Waals surface area (Å²) in [6.07, 6.45) is 7.38. The van der Waals surface area contributed by atoms with Crippen molar-refractivity contribution in [2.24, 2.45) is 11.8 Å². The molecular weight excluding hydrogens is 186 g/mol. The number of rotatable bonds is 1. The van der Waals surface area contributed by atoms with E-state index < -0.39 is 0 Å². The Morgan fingerprint density at radius 1 is 0.800 bits per heavy atom. The summed E-state index contributed by atoms with van der Waals surface area (Å²) in [5.41, 5.74) is 0. The van der Waals surface area contributed by atoms with E-state index in [0.29, 0.717) is 0 Å². The van der Waals surface area contributed by atoms with Gasteiger partial charge in [0.05, 0.1) is 6.10 Å². The van der Waals surface area contributed by atoms with E-state index in [1.54, 1.807) is 0 Å². The zero-order chi connectivity index (χ0) is 11.1. The summed E-state index contributed by atoms with van der Waals surface area (Å²) in [6.45, 7) is 6.42. The zero-order valence-electron chi connectivity index (χ0n) is 10.3. The molecule has 2 heteroatoms. The van der Waals surface area contributed by atoms with Crippen LogP contribution < -0.4 is 5.32 Å². The van der Waals surface area contributed by atoms with E-state index in [4.69, 9.17) is 0 Å².